The first-order chi connectivity index (χ1) is 16.7. The molecule has 1 aliphatic carbocycles. The van der Waals surface area contributed by atoms with E-state index in [1.165, 1.54) is 12.7 Å². The van der Waals surface area contributed by atoms with Gasteiger partial charge in [-0.05, 0) is 31.0 Å². The maximum Gasteiger partial charge on any atom is 0.163 e. The van der Waals surface area contributed by atoms with Crippen LogP contribution in [-0.2, 0) is 0 Å². The molecule has 2 aliphatic rings. The van der Waals surface area contributed by atoms with Crippen LogP contribution in [0.1, 0.15) is 11.1 Å². The summed E-state index contributed by atoms with van der Waals surface area (Å²) in [6, 6.07) is 8.03. The summed E-state index contributed by atoms with van der Waals surface area (Å²) < 4.78 is 6.55. The molecule has 34 heavy (non-hydrogen) atoms. The van der Waals surface area contributed by atoms with Gasteiger partial charge in [0.2, 0.25) is 0 Å². The highest BCUT2D eigenvalue weighted by Gasteiger charge is 2.30. The van der Waals surface area contributed by atoms with E-state index >= 15 is 0 Å². The Morgan fingerprint density at radius 2 is 1.53 bits per heavy atom. The van der Waals surface area contributed by atoms with E-state index in [0.717, 1.165) is 72.2 Å². The van der Waals surface area contributed by atoms with Crippen molar-refractivity contribution in [2.24, 2.45) is 0 Å². The first kappa shape index (κ1) is 18.8. The molecule has 8 heteroatoms. The van der Waals surface area contributed by atoms with E-state index in [2.05, 4.69) is 44.8 Å². The van der Waals surface area contributed by atoms with Crippen LogP contribution in [0.5, 0.6) is 0 Å². The highest BCUT2D eigenvalue weighted by atomic mass is 16.3. The van der Waals surface area contributed by atoms with Crippen LogP contribution in [0.25, 0.3) is 66.9 Å². The van der Waals surface area contributed by atoms with E-state index in [4.69, 9.17) is 14.4 Å². The lowest BCUT2D eigenvalue weighted by molar-refractivity contribution is 0.669. The summed E-state index contributed by atoms with van der Waals surface area (Å²) in [4.78, 5) is 30.3. The number of hydrogen-bond donors (Lipinski definition) is 1. The minimum Gasteiger partial charge on any atom is -0.455 e. The number of fused-ring (bicyclic) bond motifs is 6. The van der Waals surface area contributed by atoms with Gasteiger partial charge in [0.15, 0.2) is 5.82 Å². The number of nitrogens with zero attached hydrogens (tertiary/aromatic N) is 6. The molecule has 3 aromatic heterocycles. The smallest absolute Gasteiger partial charge is 0.163 e. The average Bonchev–Trinajstić information content (AvgIpc) is 3.42. The van der Waals surface area contributed by atoms with Gasteiger partial charge in [0.25, 0.3) is 0 Å². The topological polar surface area (TPSA) is 106 Å². The molecule has 0 bridgehead atoms. The number of nitrogens with one attached hydrogen (secondary N) is 1. The second-order valence-electron chi connectivity index (χ2n) is 8.21. The van der Waals surface area contributed by atoms with Crippen LogP contribution >= 0.6 is 0 Å². The van der Waals surface area contributed by atoms with Gasteiger partial charge in [-0.25, -0.2) is 15.0 Å². The van der Waals surface area contributed by atoms with Crippen LogP contribution in [0.15, 0.2) is 66.1 Å². The van der Waals surface area contributed by atoms with Gasteiger partial charge in [-0.3, -0.25) is 15.0 Å². The first-order valence-electron chi connectivity index (χ1n) is 10.9. The van der Waals surface area contributed by atoms with E-state index < -0.39 is 0 Å². The normalized spacial score (nSPS) is 11.8. The highest BCUT2D eigenvalue weighted by molar-refractivity contribution is 6.21. The third kappa shape index (κ3) is 2.42. The Morgan fingerprint density at radius 1 is 0.765 bits per heavy atom. The SMILES string of the molecule is Cc1c(C)c(-c2ncncn2)c2c(oc3ccccc32)c1-c1c2ncc[nH]c-2c2nccnc12. The van der Waals surface area contributed by atoms with Gasteiger partial charge in [-0.15, -0.1) is 0 Å². The fraction of sp³-hybridized carbons (Fsp3) is 0.0769. The second-order valence-corrected chi connectivity index (χ2v) is 8.21. The van der Waals surface area contributed by atoms with Gasteiger partial charge in [-0.2, -0.15) is 0 Å². The van der Waals surface area contributed by atoms with Crippen molar-refractivity contribution in [2.75, 3.05) is 0 Å². The minimum atomic E-state index is 0.613. The van der Waals surface area contributed by atoms with E-state index in [1.54, 1.807) is 24.8 Å². The molecule has 8 nitrogen and oxygen atoms in total. The number of rotatable bonds is 2. The molecule has 162 valence electrons. The zero-order valence-electron chi connectivity index (χ0n) is 18.4. The quantitative estimate of drug-likeness (QED) is 0.376. The fourth-order valence-corrected chi connectivity index (χ4v) is 4.94. The molecule has 1 aliphatic heterocycles. The molecule has 1 N–H and O–H groups in total. The second kappa shape index (κ2) is 6.89. The third-order valence-corrected chi connectivity index (χ3v) is 6.50. The van der Waals surface area contributed by atoms with Crippen molar-refractivity contribution in [3.8, 4) is 33.9 Å². The summed E-state index contributed by atoms with van der Waals surface area (Å²) in [7, 11) is 0. The van der Waals surface area contributed by atoms with Crippen LogP contribution in [0.2, 0.25) is 0 Å². The number of para-hydroxylation sites is 1. The molecule has 0 amide bonds. The molecule has 0 atom stereocenters. The molecule has 0 saturated carbocycles. The van der Waals surface area contributed by atoms with Crippen molar-refractivity contribution in [1.29, 1.82) is 0 Å². The van der Waals surface area contributed by atoms with Crippen molar-refractivity contribution in [1.82, 2.24) is 34.9 Å². The van der Waals surface area contributed by atoms with Gasteiger partial charge < -0.3 is 9.40 Å². The lowest BCUT2D eigenvalue weighted by Gasteiger charge is -2.15. The number of aromatic nitrogens is 7. The Hall–Kier alpha value is -4.72. The van der Waals surface area contributed by atoms with E-state index in [9.17, 15) is 0 Å². The molecule has 5 aromatic rings. The molecular formula is C26H17N7O. The predicted octanol–water partition coefficient (Wildman–Crippen LogP) is 5.49. The standard InChI is InChI=1S/C26H17N7O/c1-13-14(2)18(26-32-11-27-12-33-26)19-15-5-3-4-6-16(15)34-25(19)17(13)20-21-23(30-9-7-28-21)24-22(20)29-8-10-31-24/h3-12,30H,1-2H3. The maximum atomic E-state index is 6.55. The lowest BCUT2D eigenvalue weighted by atomic mass is 9.89. The molecule has 2 aromatic carbocycles. The molecular weight excluding hydrogens is 426 g/mol. The van der Waals surface area contributed by atoms with Gasteiger partial charge in [0.05, 0.1) is 11.4 Å². The van der Waals surface area contributed by atoms with Crippen LogP contribution < -0.4 is 0 Å². The zero-order valence-corrected chi connectivity index (χ0v) is 18.4. The average molecular weight is 443 g/mol. The van der Waals surface area contributed by atoms with Crippen molar-refractivity contribution in [3.63, 3.8) is 0 Å². The Bertz CT molecular complexity index is 1840. The van der Waals surface area contributed by atoms with Gasteiger partial charge in [0, 0.05) is 52.3 Å². The summed E-state index contributed by atoms with van der Waals surface area (Å²) in [5, 5.41) is 1.97. The highest BCUT2D eigenvalue weighted by Crippen LogP contribution is 2.49. The lowest BCUT2D eigenvalue weighted by Crippen LogP contribution is -1.98. The Balaban J connectivity index is 1.73. The summed E-state index contributed by atoms with van der Waals surface area (Å²) in [6.07, 6.45) is 10.0. The molecule has 0 unspecified atom stereocenters. The molecule has 0 spiro atoms. The summed E-state index contributed by atoms with van der Waals surface area (Å²) in [6.45, 7) is 4.19. The third-order valence-electron chi connectivity index (χ3n) is 6.50. The van der Waals surface area contributed by atoms with Crippen molar-refractivity contribution >= 4 is 33.0 Å². The molecule has 4 heterocycles. The van der Waals surface area contributed by atoms with Crippen LogP contribution in [0.4, 0.5) is 0 Å². The van der Waals surface area contributed by atoms with Crippen molar-refractivity contribution < 1.29 is 4.42 Å². The Kier molecular flexibility index (Phi) is 3.81. The maximum absolute atomic E-state index is 6.55. The van der Waals surface area contributed by atoms with Gasteiger partial charge in [-0.1, -0.05) is 18.2 Å². The number of aromatic amines is 1. The molecule has 0 fully saturated rings. The molecule has 0 saturated heterocycles. The monoisotopic (exact) mass is 443 g/mol. The zero-order chi connectivity index (χ0) is 22.8. The predicted molar refractivity (Wildman–Crippen MR) is 129 cm³/mol. The summed E-state index contributed by atoms with van der Waals surface area (Å²) in [5.74, 6) is 0.613. The van der Waals surface area contributed by atoms with Gasteiger partial charge >= 0.3 is 0 Å². The largest absolute Gasteiger partial charge is 0.455 e. The fourth-order valence-electron chi connectivity index (χ4n) is 4.94. The number of furan rings is 1. The summed E-state index contributed by atoms with van der Waals surface area (Å²) >= 11 is 0. The van der Waals surface area contributed by atoms with Crippen molar-refractivity contribution in [3.05, 3.63) is 72.8 Å². The molecule has 0 radical (unpaired) electrons. The van der Waals surface area contributed by atoms with E-state index in [1.807, 2.05) is 18.2 Å². The number of benzene rings is 2. The molecule has 7 rings (SSSR count). The van der Waals surface area contributed by atoms with E-state index in [0.29, 0.717) is 5.82 Å². The van der Waals surface area contributed by atoms with Crippen LogP contribution in [0, 0.1) is 13.8 Å². The Morgan fingerprint density at radius 3 is 2.38 bits per heavy atom. The van der Waals surface area contributed by atoms with Crippen LogP contribution in [-0.4, -0.2) is 34.9 Å². The van der Waals surface area contributed by atoms with Crippen LogP contribution in [0.3, 0.4) is 0 Å². The minimum absolute atomic E-state index is 0.613. The van der Waals surface area contributed by atoms with Crippen molar-refractivity contribution in [2.45, 2.75) is 13.8 Å². The van der Waals surface area contributed by atoms with Gasteiger partial charge in [0.1, 0.15) is 34.9 Å². The number of hydrogen-bond acceptors (Lipinski definition) is 7. The number of H-pyrrole nitrogens is 1. The van der Waals surface area contributed by atoms with E-state index in [-0.39, 0.29) is 0 Å². The summed E-state index contributed by atoms with van der Waals surface area (Å²) in [5.41, 5.74) is 9.68. The first-order valence-corrected chi connectivity index (χ1v) is 10.9. The Labute approximate surface area is 193 Å².